The zero-order valence-electron chi connectivity index (χ0n) is 10.8. The van der Waals surface area contributed by atoms with Crippen molar-refractivity contribution in [2.24, 2.45) is 5.41 Å². The summed E-state index contributed by atoms with van der Waals surface area (Å²) >= 11 is 0. The van der Waals surface area contributed by atoms with Crippen molar-refractivity contribution in [3.8, 4) is 0 Å². The Morgan fingerprint density at radius 3 is 1.71 bits per heavy atom. The molecule has 0 spiro atoms. The molecule has 0 heterocycles. The summed E-state index contributed by atoms with van der Waals surface area (Å²) in [7, 11) is 0. The Morgan fingerprint density at radius 2 is 1.50 bits per heavy atom. The first kappa shape index (κ1) is 17.7. The molecule has 0 fully saturated rings. The van der Waals surface area contributed by atoms with E-state index in [-0.39, 0.29) is 69.1 Å². The Hall–Kier alpha value is 1.28. The normalized spacial score (nSPS) is 11.9. The average Bonchev–Trinajstić information content (AvgIpc) is 1.82. The van der Waals surface area contributed by atoms with Crippen molar-refractivity contribution < 1.29 is 63.0 Å². The van der Waals surface area contributed by atoms with Crippen LogP contribution in [0.4, 0.5) is 0 Å². The Bertz CT molecular complexity index is 167. The number of nitrogens with zero attached hydrogens (tertiary/aromatic N) is 1. The number of rotatable bonds is 3. The van der Waals surface area contributed by atoms with E-state index in [4.69, 9.17) is 0 Å². The number of hydrogen-bond acceptors (Lipinski definition) is 1. The van der Waals surface area contributed by atoms with Crippen LogP contribution in [0.15, 0.2) is 0 Å². The Kier molecular flexibility index (Phi) is 8.54. The van der Waals surface area contributed by atoms with E-state index >= 15 is 0 Å². The molecule has 0 bridgehead atoms. The summed E-state index contributed by atoms with van der Waals surface area (Å²) in [5.41, 5.74) is 0.174. The summed E-state index contributed by atoms with van der Waals surface area (Å²) < 4.78 is 0. The van der Waals surface area contributed by atoms with Gasteiger partial charge in [0, 0.05) is 5.54 Å². The summed E-state index contributed by atoms with van der Waals surface area (Å²) in [5, 5.41) is 0. The molecule has 2 nitrogen and oxygen atoms in total. The van der Waals surface area contributed by atoms with Crippen molar-refractivity contribution in [3.05, 3.63) is 0 Å². The van der Waals surface area contributed by atoms with E-state index in [0.717, 1.165) is 13.0 Å². The molecule has 0 aliphatic rings. The second-order valence-electron chi connectivity index (χ2n) is 5.72. The molecule has 0 saturated heterocycles. The third-order valence-corrected chi connectivity index (χ3v) is 2.01. The molecule has 0 aliphatic heterocycles. The van der Waals surface area contributed by atoms with Crippen LogP contribution in [0.25, 0.3) is 0 Å². The van der Waals surface area contributed by atoms with Gasteiger partial charge in [-0.1, -0.05) is 20.8 Å². The van der Waals surface area contributed by atoms with Crippen molar-refractivity contribution in [1.29, 1.82) is 0 Å². The fourth-order valence-electron chi connectivity index (χ4n) is 0.965. The maximum Gasteiger partial charge on any atom is 1.00 e. The molecule has 0 atom stereocenters. The number of hydrogen-bond donors (Lipinski definition) is 0. The molecule has 1 amide bonds. The van der Waals surface area contributed by atoms with Crippen LogP contribution in [-0.4, -0.2) is 23.4 Å². The minimum atomic E-state index is -0.104. The molecule has 0 aromatic heterocycles. The zero-order chi connectivity index (χ0) is 10.7. The second kappa shape index (κ2) is 6.77. The van der Waals surface area contributed by atoms with Crippen LogP contribution >= 0.6 is 0 Å². The van der Waals surface area contributed by atoms with Crippen LogP contribution in [0.5, 0.6) is 0 Å². The quantitative estimate of drug-likeness (QED) is 0.504. The summed E-state index contributed by atoms with van der Waals surface area (Å²) in [6.45, 7) is 13.4. The molecular formula is C11H22NORb. The van der Waals surface area contributed by atoms with Gasteiger partial charge in [0.2, 0.25) is 0 Å². The molecule has 3 heteroatoms. The zero-order valence-corrected chi connectivity index (χ0v) is 15.7. The van der Waals surface area contributed by atoms with E-state index < -0.39 is 0 Å². The van der Waals surface area contributed by atoms with Gasteiger partial charge in [-0.3, -0.25) is 0 Å². The van der Waals surface area contributed by atoms with E-state index in [1.807, 2.05) is 27.2 Å². The number of amides is 1. The van der Waals surface area contributed by atoms with Gasteiger partial charge < -0.3 is 9.69 Å². The minimum Gasteiger partial charge on any atom is -0.520 e. The van der Waals surface area contributed by atoms with Crippen LogP contribution in [0.1, 0.15) is 48.0 Å². The van der Waals surface area contributed by atoms with Gasteiger partial charge in [0.25, 0.3) is 0 Å². The van der Waals surface area contributed by atoms with Gasteiger partial charge in [0.05, 0.1) is 0 Å². The van der Waals surface area contributed by atoms with Gasteiger partial charge in [0.15, 0.2) is 0 Å². The Morgan fingerprint density at radius 1 is 1.07 bits per heavy atom. The maximum atomic E-state index is 10.7. The van der Waals surface area contributed by atoms with Gasteiger partial charge in [-0.05, 0) is 39.2 Å². The topological polar surface area (TPSA) is 20.3 Å². The minimum absolute atomic E-state index is 0. The molecule has 0 aromatic carbocycles. The van der Waals surface area contributed by atoms with Gasteiger partial charge in [0.1, 0.15) is 0 Å². The maximum absolute atomic E-state index is 10.7. The largest absolute Gasteiger partial charge is 1.00 e. The van der Waals surface area contributed by atoms with Crippen LogP contribution in [0.3, 0.4) is 0 Å². The number of carbonyl (C=O) groups excluding carboxylic acids is 1. The van der Waals surface area contributed by atoms with Gasteiger partial charge in [-0.2, -0.15) is 6.41 Å². The fraction of sp³-hybridized carbons (Fsp3) is 0.909. The third-order valence-electron chi connectivity index (χ3n) is 2.01. The van der Waals surface area contributed by atoms with Crippen molar-refractivity contribution in [2.75, 3.05) is 6.54 Å². The second-order valence-corrected chi connectivity index (χ2v) is 5.72. The van der Waals surface area contributed by atoms with E-state index in [1.165, 1.54) is 0 Å². The SMILES string of the molecule is CC(C)(C)CCN([C-]=O)C(C)(C)C.[Rb+]. The Balaban J connectivity index is 0. The molecule has 14 heavy (non-hydrogen) atoms. The van der Waals surface area contributed by atoms with Crippen LogP contribution in [0.2, 0.25) is 0 Å². The van der Waals surface area contributed by atoms with Crippen molar-refractivity contribution >= 4 is 6.41 Å². The first-order valence-electron chi connectivity index (χ1n) is 4.82. The van der Waals surface area contributed by atoms with Crippen LogP contribution in [0, 0.1) is 5.41 Å². The standard InChI is InChI=1S/C11H22NO.Rb/c1-10(2,3)7-8-12(9-13)11(4,5)6;/h7-8H2,1-6H3;/q-1;+1. The van der Waals surface area contributed by atoms with E-state index in [0.29, 0.717) is 0 Å². The van der Waals surface area contributed by atoms with E-state index in [2.05, 4.69) is 20.8 Å². The van der Waals surface area contributed by atoms with E-state index in [9.17, 15) is 4.79 Å². The van der Waals surface area contributed by atoms with Gasteiger partial charge in [-0.15, -0.1) is 0 Å². The molecule has 0 aromatic rings. The fourth-order valence-corrected chi connectivity index (χ4v) is 0.965. The average molecular weight is 270 g/mol. The third kappa shape index (κ3) is 8.57. The van der Waals surface area contributed by atoms with Gasteiger partial charge >= 0.3 is 58.2 Å². The molecule has 0 unspecified atom stereocenters. The molecule has 78 valence electrons. The first-order chi connectivity index (χ1) is 5.67. The summed E-state index contributed by atoms with van der Waals surface area (Å²) in [6.07, 6.45) is 3.01. The summed E-state index contributed by atoms with van der Waals surface area (Å²) in [6, 6.07) is 0. The predicted molar refractivity (Wildman–Crippen MR) is 56.2 cm³/mol. The molecule has 0 N–H and O–H groups in total. The summed E-state index contributed by atoms with van der Waals surface area (Å²) in [4.78, 5) is 12.4. The Labute approximate surface area is 138 Å². The molecule has 0 saturated carbocycles. The molecule has 0 radical (unpaired) electrons. The monoisotopic (exact) mass is 269 g/mol. The summed E-state index contributed by atoms with van der Waals surface area (Å²) in [5.74, 6) is 0. The molecule has 0 rings (SSSR count). The van der Waals surface area contributed by atoms with Crippen LogP contribution in [-0.2, 0) is 4.79 Å². The molecule has 0 aliphatic carbocycles. The van der Waals surface area contributed by atoms with Crippen LogP contribution < -0.4 is 58.2 Å². The van der Waals surface area contributed by atoms with Crippen molar-refractivity contribution in [3.63, 3.8) is 0 Å². The predicted octanol–water partition coefficient (Wildman–Crippen LogP) is -0.406. The molecular weight excluding hydrogens is 248 g/mol. The van der Waals surface area contributed by atoms with Crippen molar-refractivity contribution in [2.45, 2.75) is 53.5 Å². The van der Waals surface area contributed by atoms with Gasteiger partial charge in [-0.25, -0.2) is 0 Å². The smallest absolute Gasteiger partial charge is 0.520 e. The van der Waals surface area contributed by atoms with Crippen molar-refractivity contribution in [1.82, 2.24) is 4.90 Å². The van der Waals surface area contributed by atoms with E-state index in [1.54, 1.807) is 4.90 Å². The first-order valence-corrected chi connectivity index (χ1v) is 4.82.